The molecule has 25 heavy (non-hydrogen) atoms. The fourth-order valence-corrected chi connectivity index (χ4v) is 3.22. The Hall–Kier alpha value is -1.81. The molecule has 1 atom stereocenters. The molecular weight excluding hydrogens is 357 g/mol. The summed E-state index contributed by atoms with van der Waals surface area (Å²) in [7, 11) is 0. The summed E-state index contributed by atoms with van der Waals surface area (Å²) in [6.45, 7) is 0.977. The first-order valence-corrected chi connectivity index (χ1v) is 8.88. The van der Waals surface area contributed by atoms with Crippen molar-refractivity contribution >= 4 is 23.6 Å². The zero-order valence-corrected chi connectivity index (χ0v) is 14.2. The summed E-state index contributed by atoms with van der Waals surface area (Å²) < 4.78 is 37.2. The van der Waals surface area contributed by atoms with Gasteiger partial charge < -0.3 is 16.0 Å². The third-order valence-corrected chi connectivity index (χ3v) is 4.64. The summed E-state index contributed by atoms with van der Waals surface area (Å²) in [6, 6.07) is 1.23. The lowest BCUT2D eigenvalue weighted by molar-refractivity contribution is -0.141. The van der Waals surface area contributed by atoms with Gasteiger partial charge >= 0.3 is 6.18 Å². The van der Waals surface area contributed by atoms with Gasteiger partial charge in [-0.15, -0.1) is 11.8 Å². The molecule has 0 aromatic carbocycles. The topological polar surface area (TPSA) is 88.3 Å². The number of amides is 2. The second kappa shape index (κ2) is 8.52. The third-order valence-electron chi connectivity index (χ3n) is 3.68. The number of aromatic nitrogens is 1. The van der Waals surface area contributed by atoms with E-state index in [1.807, 2.05) is 0 Å². The van der Waals surface area contributed by atoms with E-state index in [9.17, 15) is 22.8 Å². The highest BCUT2D eigenvalue weighted by Gasteiger charge is 2.32. The van der Waals surface area contributed by atoms with Crippen LogP contribution >= 0.6 is 11.8 Å². The van der Waals surface area contributed by atoms with Crippen molar-refractivity contribution in [1.29, 1.82) is 0 Å². The van der Waals surface area contributed by atoms with Gasteiger partial charge in [-0.05, 0) is 25.0 Å². The molecular formula is C15H19F3N4O2S. The van der Waals surface area contributed by atoms with Gasteiger partial charge in [-0.1, -0.05) is 0 Å². The van der Waals surface area contributed by atoms with Crippen molar-refractivity contribution in [2.24, 2.45) is 5.73 Å². The van der Waals surface area contributed by atoms with Gasteiger partial charge in [-0.25, -0.2) is 0 Å². The molecule has 1 saturated heterocycles. The summed E-state index contributed by atoms with van der Waals surface area (Å²) in [4.78, 5) is 28.8. The summed E-state index contributed by atoms with van der Waals surface area (Å²) in [5, 5.41) is 2.58. The Kier molecular flexibility index (Phi) is 6.65. The first-order valence-electron chi connectivity index (χ1n) is 7.72. The van der Waals surface area contributed by atoms with E-state index in [0.29, 0.717) is 25.3 Å². The van der Waals surface area contributed by atoms with Crippen LogP contribution in [0.15, 0.2) is 18.3 Å². The fourth-order valence-electron chi connectivity index (χ4n) is 2.27. The van der Waals surface area contributed by atoms with Crippen LogP contribution in [0.2, 0.25) is 0 Å². The number of nitrogens with one attached hydrogen (secondary N) is 1. The van der Waals surface area contributed by atoms with Gasteiger partial charge in [0.05, 0.1) is 17.5 Å². The summed E-state index contributed by atoms with van der Waals surface area (Å²) >= 11 is 1.68. The summed E-state index contributed by atoms with van der Waals surface area (Å²) in [6.07, 6.45) is -2.73. The molecule has 1 aromatic heterocycles. The van der Waals surface area contributed by atoms with Gasteiger partial charge in [0.1, 0.15) is 5.69 Å². The molecule has 0 radical (unpaired) electrons. The second-order valence-corrected chi connectivity index (χ2v) is 6.65. The van der Waals surface area contributed by atoms with Gasteiger partial charge in [0.25, 0.3) is 5.91 Å². The quantitative estimate of drug-likeness (QED) is 0.734. The van der Waals surface area contributed by atoms with Crippen molar-refractivity contribution in [2.75, 3.05) is 24.7 Å². The molecule has 1 aliphatic rings. The molecule has 6 nitrogen and oxygen atoms in total. The van der Waals surface area contributed by atoms with E-state index in [1.165, 1.54) is 0 Å². The van der Waals surface area contributed by atoms with Crippen molar-refractivity contribution in [3.05, 3.63) is 29.6 Å². The lowest BCUT2D eigenvalue weighted by Crippen LogP contribution is -2.42. The number of nitrogens with two attached hydrogens (primary N) is 1. The Balaban J connectivity index is 1.72. The zero-order chi connectivity index (χ0) is 18.4. The van der Waals surface area contributed by atoms with E-state index >= 15 is 0 Å². The largest absolute Gasteiger partial charge is 0.433 e. The number of alkyl halides is 3. The Labute approximate surface area is 147 Å². The van der Waals surface area contributed by atoms with Crippen molar-refractivity contribution in [1.82, 2.24) is 15.2 Å². The van der Waals surface area contributed by atoms with Crippen LogP contribution in [0.1, 0.15) is 28.9 Å². The summed E-state index contributed by atoms with van der Waals surface area (Å²) in [5.74, 6) is 0.959. The second-order valence-electron chi connectivity index (χ2n) is 5.57. The predicted octanol–water partition coefficient (Wildman–Crippen LogP) is 1.47. The number of carbonyl (C=O) groups is 2. The lowest BCUT2D eigenvalue weighted by atomic mass is 10.1. The fraction of sp³-hybridized carbons (Fsp3) is 0.533. The summed E-state index contributed by atoms with van der Waals surface area (Å²) in [5.41, 5.74) is 4.85. The highest BCUT2D eigenvalue weighted by Crippen LogP contribution is 2.27. The molecule has 1 aromatic rings. The Morgan fingerprint density at radius 1 is 1.40 bits per heavy atom. The van der Waals surface area contributed by atoms with E-state index in [0.717, 1.165) is 24.1 Å². The molecule has 0 spiro atoms. The number of halogens is 3. The van der Waals surface area contributed by atoms with Crippen LogP contribution in [0.25, 0.3) is 0 Å². The number of rotatable bonds is 6. The van der Waals surface area contributed by atoms with Crippen molar-refractivity contribution in [3.63, 3.8) is 0 Å². The van der Waals surface area contributed by atoms with Crippen LogP contribution in [-0.2, 0) is 11.0 Å². The average molecular weight is 376 g/mol. The van der Waals surface area contributed by atoms with Crippen LogP contribution in [0, 0.1) is 0 Å². The van der Waals surface area contributed by atoms with Gasteiger partial charge in [-0.2, -0.15) is 13.2 Å². The Bertz CT molecular complexity index is 604. The number of pyridine rings is 1. The minimum absolute atomic E-state index is 0.0440. The molecule has 0 bridgehead atoms. The molecule has 2 rings (SSSR count). The van der Waals surface area contributed by atoms with E-state index in [4.69, 9.17) is 5.73 Å². The number of carbonyl (C=O) groups excluding carboxylic acids is 2. The molecule has 2 heterocycles. The molecule has 3 N–H and O–H groups in total. The maximum Gasteiger partial charge on any atom is 0.433 e. The van der Waals surface area contributed by atoms with Gasteiger partial charge in [0.15, 0.2) is 0 Å². The van der Waals surface area contributed by atoms with E-state index in [1.54, 1.807) is 16.7 Å². The standard InChI is InChI=1S/C15H19F3N4O2S/c16-15(17,18)12-4-3-10(8-21-12)13(23)20-5-1-2-11(19)14(24)22-6-7-25-9-22/h3-4,8,11H,1-2,5-7,9,19H2,(H,20,23). The number of hydrogen-bond donors (Lipinski definition) is 2. The highest BCUT2D eigenvalue weighted by molar-refractivity contribution is 7.99. The van der Waals surface area contributed by atoms with Crippen LogP contribution < -0.4 is 11.1 Å². The van der Waals surface area contributed by atoms with Gasteiger partial charge in [0.2, 0.25) is 5.91 Å². The molecule has 0 saturated carbocycles. The number of thioether (sulfide) groups is 1. The SMILES string of the molecule is NC(CCCNC(=O)c1ccc(C(F)(F)F)nc1)C(=O)N1CCSC1. The molecule has 0 aliphatic carbocycles. The molecule has 138 valence electrons. The minimum atomic E-state index is -4.54. The third kappa shape index (κ3) is 5.60. The maximum atomic E-state index is 12.4. The Morgan fingerprint density at radius 2 is 2.16 bits per heavy atom. The average Bonchev–Trinajstić information content (AvgIpc) is 3.11. The number of hydrogen-bond acceptors (Lipinski definition) is 5. The van der Waals surface area contributed by atoms with Crippen LogP contribution in [0.4, 0.5) is 13.2 Å². The molecule has 1 fully saturated rings. The first-order chi connectivity index (χ1) is 11.8. The Morgan fingerprint density at radius 3 is 2.72 bits per heavy atom. The van der Waals surface area contributed by atoms with E-state index in [-0.39, 0.29) is 18.0 Å². The van der Waals surface area contributed by atoms with Crippen molar-refractivity contribution in [3.8, 4) is 0 Å². The molecule has 1 unspecified atom stereocenters. The van der Waals surface area contributed by atoms with Crippen molar-refractivity contribution in [2.45, 2.75) is 25.1 Å². The minimum Gasteiger partial charge on any atom is -0.352 e. The molecule has 1 aliphatic heterocycles. The molecule has 10 heteroatoms. The zero-order valence-electron chi connectivity index (χ0n) is 13.4. The normalized spacial score (nSPS) is 15.9. The molecule has 2 amide bonds. The monoisotopic (exact) mass is 376 g/mol. The predicted molar refractivity (Wildman–Crippen MR) is 87.8 cm³/mol. The van der Waals surface area contributed by atoms with Crippen LogP contribution in [0.5, 0.6) is 0 Å². The van der Waals surface area contributed by atoms with Gasteiger partial charge in [-0.3, -0.25) is 14.6 Å². The highest BCUT2D eigenvalue weighted by atomic mass is 32.2. The lowest BCUT2D eigenvalue weighted by Gasteiger charge is -2.19. The first kappa shape index (κ1) is 19.5. The van der Waals surface area contributed by atoms with Gasteiger partial charge in [0, 0.05) is 25.0 Å². The van der Waals surface area contributed by atoms with E-state index in [2.05, 4.69) is 10.3 Å². The maximum absolute atomic E-state index is 12.4. The smallest absolute Gasteiger partial charge is 0.352 e. The van der Waals surface area contributed by atoms with E-state index < -0.39 is 23.8 Å². The van der Waals surface area contributed by atoms with Crippen LogP contribution in [-0.4, -0.2) is 52.5 Å². The number of nitrogens with zero attached hydrogens (tertiary/aromatic N) is 2. The van der Waals surface area contributed by atoms with Crippen LogP contribution in [0.3, 0.4) is 0 Å². The van der Waals surface area contributed by atoms with Crippen molar-refractivity contribution < 1.29 is 22.8 Å².